The van der Waals surface area contributed by atoms with Gasteiger partial charge in [-0.25, -0.2) is 13.2 Å². The number of H-pyrrole nitrogens is 1. The van der Waals surface area contributed by atoms with Crippen LogP contribution >= 0.6 is 0 Å². The van der Waals surface area contributed by atoms with Crippen molar-refractivity contribution < 1.29 is 18.0 Å². The highest BCUT2D eigenvalue weighted by Crippen LogP contribution is 2.17. The van der Waals surface area contributed by atoms with E-state index in [9.17, 15) is 18.0 Å². The quantitative estimate of drug-likeness (QED) is 0.714. The molecular weight excluding hydrogens is 249 g/mol. The van der Waals surface area contributed by atoms with Crippen LogP contribution < -0.4 is 11.1 Å². The Morgan fingerprint density at radius 2 is 1.89 bits per heavy atom. The first-order chi connectivity index (χ1) is 8.49. The van der Waals surface area contributed by atoms with Gasteiger partial charge in [0, 0.05) is 5.56 Å². The lowest BCUT2D eigenvalue weighted by molar-refractivity contribution is 0.102. The van der Waals surface area contributed by atoms with Crippen molar-refractivity contribution in [3.8, 4) is 0 Å². The van der Waals surface area contributed by atoms with Crippen LogP contribution in [-0.2, 0) is 0 Å². The molecule has 0 saturated heterocycles. The van der Waals surface area contributed by atoms with E-state index in [0.717, 1.165) is 0 Å². The van der Waals surface area contributed by atoms with Crippen molar-refractivity contribution in [2.75, 3.05) is 11.1 Å². The lowest BCUT2D eigenvalue weighted by atomic mass is 10.2. The molecular formula is C10H7F3N4O. The Balaban J connectivity index is 2.27. The first kappa shape index (κ1) is 12.0. The lowest BCUT2D eigenvalue weighted by Gasteiger charge is -2.04. The molecule has 0 bridgehead atoms. The van der Waals surface area contributed by atoms with Crippen LogP contribution in [0, 0.1) is 17.5 Å². The predicted molar refractivity (Wildman–Crippen MR) is 57.3 cm³/mol. The van der Waals surface area contributed by atoms with E-state index in [0.29, 0.717) is 12.1 Å². The number of nitrogen functional groups attached to an aromatic ring is 1. The summed E-state index contributed by atoms with van der Waals surface area (Å²) in [5, 5.41) is 8.17. The molecule has 0 spiro atoms. The maximum Gasteiger partial charge on any atom is 0.257 e. The van der Waals surface area contributed by atoms with Gasteiger partial charge in [0.15, 0.2) is 23.3 Å². The molecule has 0 atom stereocenters. The molecule has 1 amide bonds. The van der Waals surface area contributed by atoms with Crippen LogP contribution in [0.2, 0.25) is 0 Å². The van der Waals surface area contributed by atoms with Crippen molar-refractivity contribution in [3.05, 3.63) is 41.3 Å². The summed E-state index contributed by atoms with van der Waals surface area (Å²) in [4.78, 5) is 11.6. The number of aromatic amines is 1. The molecule has 0 aliphatic carbocycles. The second kappa shape index (κ2) is 4.40. The number of aromatic nitrogens is 2. The van der Waals surface area contributed by atoms with Crippen LogP contribution in [0.15, 0.2) is 18.3 Å². The Bertz CT molecular complexity index is 588. The van der Waals surface area contributed by atoms with Crippen molar-refractivity contribution in [2.45, 2.75) is 0 Å². The highest BCUT2D eigenvalue weighted by Gasteiger charge is 2.16. The number of carbonyl (C=O) groups is 1. The van der Waals surface area contributed by atoms with E-state index in [1.54, 1.807) is 0 Å². The number of carbonyl (C=O) groups excluding carboxylic acids is 1. The molecule has 5 nitrogen and oxygen atoms in total. The number of nitrogens with zero attached hydrogens (tertiary/aromatic N) is 1. The van der Waals surface area contributed by atoms with Gasteiger partial charge >= 0.3 is 0 Å². The van der Waals surface area contributed by atoms with Crippen molar-refractivity contribution in [2.24, 2.45) is 0 Å². The summed E-state index contributed by atoms with van der Waals surface area (Å²) in [6.45, 7) is 0. The number of nitrogens with two attached hydrogens (primary N) is 1. The summed E-state index contributed by atoms with van der Waals surface area (Å²) >= 11 is 0. The summed E-state index contributed by atoms with van der Waals surface area (Å²) in [7, 11) is 0. The van der Waals surface area contributed by atoms with Crippen LogP contribution in [0.3, 0.4) is 0 Å². The van der Waals surface area contributed by atoms with Gasteiger partial charge in [-0.2, -0.15) is 5.10 Å². The van der Waals surface area contributed by atoms with Gasteiger partial charge in [0.1, 0.15) is 0 Å². The summed E-state index contributed by atoms with van der Waals surface area (Å²) in [5.74, 6) is -5.28. The normalized spacial score (nSPS) is 10.4. The zero-order valence-corrected chi connectivity index (χ0v) is 8.80. The monoisotopic (exact) mass is 256 g/mol. The van der Waals surface area contributed by atoms with E-state index < -0.39 is 23.4 Å². The fourth-order valence-corrected chi connectivity index (χ4v) is 1.27. The Morgan fingerprint density at radius 3 is 2.39 bits per heavy atom. The molecule has 2 aromatic rings. The van der Waals surface area contributed by atoms with Crippen molar-refractivity contribution >= 4 is 17.4 Å². The third kappa shape index (κ3) is 2.12. The third-order valence-electron chi connectivity index (χ3n) is 2.15. The number of halogens is 3. The molecule has 0 unspecified atom stereocenters. The average Bonchev–Trinajstić information content (AvgIpc) is 2.71. The van der Waals surface area contributed by atoms with Crippen LogP contribution in [0.25, 0.3) is 0 Å². The second-order valence-electron chi connectivity index (χ2n) is 3.41. The molecule has 18 heavy (non-hydrogen) atoms. The number of hydrogen-bond donors (Lipinski definition) is 3. The number of rotatable bonds is 2. The molecule has 1 aromatic heterocycles. The summed E-state index contributed by atoms with van der Waals surface area (Å²) in [5.41, 5.74) is 5.22. The highest BCUT2D eigenvalue weighted by atomic mass is 19.2. The first-order valence-electron chi connectivity index (χ1n) is 4.73. The topological polar surface area (TPSA) is 83.8 Å². The minimum absolute atomic E-state index is 0.0881. The zero-order chi connectivity index (χ0) is 13.3. The largest absolute Gasteiger partial charge is 0.394 e. The standard InChI is InChI=1S/C10H7F3N4O/c11-5-1-4(2-6(12)8(5)13)10(18)16-9-7(14)3-15-17-9/h1-3H,14H2,(H2,15,16,17,18). The van der Waals surface area contributed by atoms with Gasteiger partial charge in [-0.15, -0.1) is 0 Å². The SMILES string of the molecule is Nc1cn[nH]c1NC(=O)c1cc(F)c(F)c(F)c1. The van der Waals surface area contributed by atoms with Crippen LogP contribution in [0.1, 0.15) is 10.4 Å². The van der Waals surface area contributed by atoms with Gasteiger partial charge in [-0.1, -0.05) is 0 Å². The molecule has 4 N–H and O–H groups in total. The van der Waals surface area contributed by atoms with E-state index in [1.165, 1.54) is 6.20 Å². The summed E-state index contributed by atoms with van der Waals surface area (Å²) in [6, 6.07) is 1.17. The molecule has 0 saturated carbocycles. The van der Waals surface area contributed by atoms with Gasteiger partial charge < -0.3 is 11.1 Å². The fourth-order valence-electron chi connectivity index (χ4n) is 1.27. The number of benzene rings is 1. The molecule has 8 heteroatoms. The van der Waals surface area contributed by atoms with Crippen molar-refractivity contribution in [1.82, 2.24) is 10.2 Å². The zero-order valence-electron chi connectivity index (χ0n) is 8.80. The van der Waals surface area contributed by atoms with E-state index in [4.69, 9.17) is 5.73 Å². The van der Waals surface area contributed by atoms with Gasteiger partial charge in [0.25, 0.3) is 5.91 Å². The molecule has 1 aromatic carbocycles. The Labute approximate surface area is 98.8 Å². The number of amides is 1. The first-order valence-corrected chi connectivity index (χ1v) is 4.73. The number of hydrogen-bond acceptors (Lipinski definition) is 3. The second-order valence-corrected chi connectivity index (χ2v) is 3.41. The molecule has 0 fully saturated rings. The van der Waals surface area contributed by atoms with E-state index >= 15 is 0 Å². The highest BCUT2D eigenvalue weighted by molar-refractivity contribution is 6.05. The van der Waals surface area contributed by atoms with Gasteiger partial charge in [0.05, 0.1) is 11.9 Å². The Hall–Kier alpha value is -2.51. The minimum Gasteiger partial charge on any atom is -0.394 e. The van der Waals surface area contributed by atoms with Crippen molar-refractivity contribution in [1.29, 1.82) is 0 Å². The Kier molecular flexibility index (Phi) is 2.92. The van der Waals surface area contributed by atoms with Gasteiger partial charge in [0.2, 0.25) is 0 Å². The molecule has 0 aliphatic heterocycles. The minimum atomic E-state index is -1.63. The average molecular weight is 256 g/mol. The van der Waals surface area contributed by atoms with Gasteiger partial charge in [-0.05, 0) is 12.1 Å². The number of anilines is 2. The smallest absolute Gasteiger partial charge is 0.257 e. The number of nitrogens with one attached hydrogen (secondary N) is 2. The van der Waals surface area contributed by atoms with Crippen LogP contribution in [0.4, 0.5) is 24.7 Å². The van der Waals surface area contributed by atoms with Gasteiger partial charge in [-0.3, -0.25) is 9.89 Å². The third-order valence-corrected chi connectivity index (χ3v) is 2.15. The summed E-state index contributed by atoms with van der Waals surface area (Å²) in [6.07, 6.45) is 1.25. The maximum atomic E-state index is 12.9. The Morgan fingerprint density at radius 1 is 1.28 bits per heavy atom. The molecule has 0 aliphatic rings. The van der Waals surface area contributed by atoms with E-state index in [2.05, 4.69) is 15.5 Å². The molecule has 0 radical (unpaired) electrons. The molecule has 94 valence electrons. The van der Waals surface area contributed by atoms with Crippen molar-refractivity contribution in [3.63, 3.8) is 0 Å². The molecule has 1 heterocycles. The van der Waals surface area contributed by atoms with Crippen LogP contribution in [0.5, 0.6) is 0 Å². The van der Waals surface area contributed by atoms with Crippen LogP contribution in [-0.4, -0.2) is 16.1 Å². The van der Waals surface area contributed by atoms with E-state index in [1.807, 2.05) is 0 Å². The fraction of sp³-hybridized carbons (Fsp3) is 0. The maximum absolute atomic E-state index is 12.9. The van der Waals surface area contributed by atoms with E-state index in [-0.39, 0.29) is 17.1 Å². The predicted octanol–water partition coefficient (Wildman–Crippen LogP) is 1.66. The lowest BCUT2D eigenvalue weighted by Crippen LogP contribution is -2.14. The molecule has 2 rings (SSSR count). The summed E-state index contributed by atoms with van der Waals surface area (Å²) < 4.78 is 38.5.